The molecule has 1 atom stereocenters. The van der Waals surface area contributed by atoms with E-state index in [2.05, 4.69) is 40.3 Å². The molecule has 31 heavy (non-hydrogen) atoms. The van der Waals surface area contributed by atoms with E-state index in [9.17, 15) is 9.59 Å². The zero-order valence-corrected chi connectivity index (χ0v) is 18.9. The molecule has 0 aliphatic rings. The maximum absolute atomic E-state index is 12.7. The van der Waals surface area contributed by atoms with E-state index >= 15 is 0 Å². The number of rotatable bonds is 7. The van der Waals surface area contributed by atoms with Gasteiger partial charge >= 0.3 is 0 Å². The summed E-state index contributed by atoms with van der Waals surface area (Å²) in [5.74, 6) is -0.924. The van der Waals surface area contributed by atoms with Gasteiger partial charge < -0.3 is 9.88 Å². The van der Waals surface area contributed by atoms with Gasteiger partial charge in [0.15, 0.2) is 0 Å². The van der Waals surface area contributed by atoms with E-state index in [1.54, 1.807) is 30.5 Å². The topological polar surface area (TPSA) is 75.5 Å². The van der Waals surface area contributed by atoms with Crippen molar-refractivity contribution < 1.29 is 9.59 Å². The van der Waals surface area contributed by atoms with E-state index < -0.39 is 11.9 Å². The lowest BCUT2D eigenvalue weighted by molar-refractivity contribution is -0.123. The summed E-state index contributed by atoms with van der Waals surface area (Å²) in [6.07, 6.45) is 3.65. The van der Waals surface area contributed by atoms with Gasteiger partial charge in [-0.1, -0.05) is 55.8 Å². The van der Waals surface area contributed by atoms with Gasteiger partial charge in [-0.15, -0.1) is 0 Å². The molecule has 0 fully saturated rings. The summed E-state index contributed by atoms with van der Waals surface area (Å²) >= 11 is 6.10. The fourth-order valence-corrected chi connectivity index (χ4v) is 3.62. The smallest absolute Gasteiger partial charge is 0.262 e. The van der Waals surface area contributed by atoms with Crippen LogP contribution in [0.25, 0.3) is 10.9 Å². The minimum Gasteiger partial charge on any atom is -0.344 e. The first-order chi connectivity index (χ1) is 14.8. The fourth-order valence-electron chi connectivity index (χ4n) is 3.40. The molecule has 0 aliphatic heterocycles. The molecule has 0 aliphatic carbocycles. The van der Waals surface area contributed by atoms with Crippen LogP contribution in [0.15, 0.2) is 59.8 Å². The quantitative estimate of drug-likeness (QED) is 0.411. The Kier molecular flexibility index (Phi) is 7.13. The molecule has 0 saturated heterocycles. The standard InChI is InChI=1S/C24H27ClN4O2/c1-15(2)22(27-23(30)19-10-5-7-11-20(19)25)24(31)28-26-13-17-14-29(16(3)4)21-12-8-6-9-18(17)21/h5-16,22H,1-4H3,(H,27,30)(H,28,31)/b26-13-/t22-/m0/s1. The van der Waals surface area contributed by atoms with Crippen LogP contribution >= 0.6 is 11.6 Å². The van der Waals surface area contributed by atoms with E-state index in [0.29, 0.717) is 16.6 Å². The first-order valence-electron chi connectivity index (χ1n) is 10.3. The average molecular weight is 439 g/mol. The number of fused-ring (bicyclic) bond motifs is 1. The number of hydrogen-bond donors (Lipinski definition) is 2. The maximum Gasteiger partial charge on any atom is 0.262 e. The number of halogens is 1. The van der Waals surface area contributed by atoms with E-state index in [-0.39, 0.29) is 11.8 Å². The molecule has 1 aromatic heterocycles. The van der Waals surface area contributed by atoms with Crippen LogP contribution in [-0.4, -0.2) is 28.6 Å². The second-order valence-electron chi connectivity index (χ2n) is 8.01. The molecule has 2 N–H and O–H groups in total. The number of amides is 2. The van der Waals surface area contributed by atoms with Gasteiger partial charge in [0.25, 0.3) is 11.8 Å². The Hall–Kier alpha value is -3.12. The van der Waals surface area contributed by atoms with Crippen molar-refractivity contribution in [1.82, 2.24) is 15.3 Å². The van der Waals surface area contributed by atoms with Crippen LogP contribution in [-0.2, 0) is 4.79 Å². The van der Waals surface area contributed by atoms with Crippen molar-refractivity contribution >= 4 is 40.5 Å². The number of para-hydroxylation sites is 1. The number of nitrogens with zero attached hydrogens (tertiary/aromatic N) is 2. The summed E-state index contributed by atoms with van der Waals surface area (Å²) in [4.78, 5) is 25.3. The fraction of sp³-hybridized carbons (Fsp3) is 0.292. The van der Waals surface area contributed by atoms with Crippen molar-refractivity contribution in [3.05, 3.63) is 70.9 Å². The molecule has 3 rings (SSSR count). The molecule has 0 spiro atoms. The molecule has 0 saturated carbocycles. The molecule has 0 bridgehead atoms. The molecule has 3 aromatic rings. The number of hydrogen-bond acceptors (Lipinski definition) is 3. The van der Waals surface area contributed by atoms with Crippen molar-refractivity contribution in [1.29, 1.82) is 0 Å². The summed E-state index contributed by atoms with van der Waals surface area (Å²) in [7, 11) is 0. The largest absolute Gasteiger partial charge is 0.344 e. The van der Waals surface area contributed by atoms with Crippen molar-refractivity contribution in [2.45, 2.75) is 39.8 Å². The van der Waals surface area contributed by atoms with Gasteiger partial charge in [0.1, 0.15) is 6.04 Å². The van der Waals surface area contributed by atoms with Gasteiger partial charge in [0, 0.05) is 28.7 Å². The first-order valence-corrected chi connectivity index (χ1v) is 10.6. The summed E-state index contributed by atoms with van der Waals surface area (Å²) in [6.45, 7) is 7.95. The predicted molar refractivity (Wildman–Crippen MR) is 126 cm³/mol. The number of carbonyl (C=O) groups is 2. The number of benzene rings is 2. The van der Waals surface area contributed by atoms with Crippen molar-refractivity contribution in [3.8, 4) is 0 Å². The van der Waals surface area contributed by atoms with Crippen LogP contribution in [0.3, 0.4) is 0 Å². The molecular weight excluding hydrogens is 412 g/mol. The van der Waals surface area contributed by atoms with Crippen molar-refractivity contribution in [2.75, 3.05) is 0 Å². The highest BCUT2D eigenvalue weighted by molar-refractivity contribution is 6.33. The van der Waals surface area contributed by atoms with Crippen LogP contribution in [0.5, 0.6) is 0 Å². The van der Waals surface area contributed by atoms with Gasteiger partial charge in [-0.05, 0) is 38.0 Å². The van der Waals surface area contributed by atoms with Crippen LogP contribution in [0.4, 0.5) is 0 Å². The van der Waals surface area contributed by atoms with Crippen molar-refractivity contribution in [2.24, 2.45) is 11.0 Å². The lowest BCUT2D eigenvalue weighted by Crippen LogP contribution is -2.48. The third kappa shape index (κ3) is 5.14. The monoisotopic (exact) mass is 438 g/mol. The summed E-state index contributed by atoms with van der Waals surface area (Å²) < 4.78 is 2.17. The van der Waals surface area contributed by atoms with Gasteiger partial charge in [0.05, 0.1) is 16.8 Å². The Labute approximate surface area is 187 Å². The van der Waals surface area contributed by atoms with Gasteiger partial charge in [-0.2, -0.15) is 5.10 Å². The molecular formula is C24H27ClN4O2. The maximum atomic E-state index is 12.7. The Balaban J connectivity index is 1.74. The minimum absolute atomic E-state index is 0.135. The molecule has 6 nitrogen and oxygen atoms in total. The first kappa shape index (κ1) is 22.6. The van der Waals surface area contributed by atoms with Crippen LogP contribution in [0.2, 0.25) is 5.02 Å². The molecule has 1 heterocycles. The average Bonchev–Trinajstić information content (AvgIpc) is 3.11. The van der Waals surface area contributed by atoms with Crippen LogP contribution in [0, 0.1) is 5.92 Å². The van der Waals surface area contributed by atoms with Gasteiger partial charge in [0.2, 0.25) is 0 Å². The highest BCUT2D eigenvalue weighted by atomic mass is 35.5. The summed E-state index contributed by atoms with van der Waals surface area (Å²) in [5.41, 5.74) is 4.90. The lowest BCUT2D eigenvalue weighted by atomic mass is 10.0. The zero-order valence-electron chi connectivity index (χ0n) is 18.1. The van der Waals surface area contributed by atoms with Gasteiger partial charge in [-0.25, -0.2) is 5.43 Å². The second kappa shape index (κ2) is 9.79. The molecule has 0 unspecified atom stereocenters. The Morgan fingerprint density at radius 3 is 2.39 bits per heavy atom. The van der Waals surface area contributed by atoms with E-state index in [1.165, 1.54) is 0 Å². The predicted octanol–water partition coefficient (Wildman–Crippen LogP) is 4.78. The highest BCUT2D eigenvalue weighted by Crippen LogP contribution is 2.23. The molecule has 0 radical (unpaired) electrons. The third-order valence-electron chi connectivity index (χ3n) is 5.06. The molecule has 7 heteroatoms. The van der Waals surface area contributed by atoms with E-state index in [4.69, 9.17) is 11.6 Å². The Bertz CT molecular complexity index is 1120. The van der Waals surface area contributed by atoms with Crippen molar-refractivity contribution in [3.63, 3.8) is 0 Å². The Morgan fingerprint density at radius 1 is 1.03 bits per heavy atom. The number of aromatic nitrogens is 1. The normalized spacial score (nSPS) is 12.6. The lowest BCUT2D eigenvalue weighted by Gasteiger charge is -2.20. The zero-order chi connectivity index (χ0) is 22.5. The summed E-state index contributed by atoms with van der Waals surface area (Å²) in [5, 5.41) is 8.30. The number of carbonyl (C=O) groups excluding carboxylic acids is 2. The summed E-state index contributed by atoms with van der Waals surface area (Å²) in [6, 6.07) is 14.3. The molecule has 162 valence electrons. The SMILES string of the molecule is CC(C)[C@H](NC(=O)c1ccccc1Cl)C(=O)N/N=C\c1cn(C(C)C)c2ccccc12. The van der Waals surface area contributed by atoms with E-state index in [0.717, 1.165) is 16.5 Å². The van der Waals surface area contributed by atoms with Gasteiger partial charge in [-0.3, -0.25) is 9.59 Å². The molecule has 2 aromatic carbocycles. The second-order valence-corrected chi connectivity index (χ2v) is 8.42. The molecule has 2 amide bonds. The Morgan fingerprint density at radius 2 is 1.71 bits per heavy atom. The minimum atomic E-state index is -0.752. The van der Waals surface area contributed by atoms with Crippen LogP contribution in [0.1, 0.15) is 49.7 Å². The number of hydrazone groups is 1. The third-order valence-corrected chi connectivity index (χ3v) is 5.39. The van der Waals surface area contributed by atoms with Crippen LogP contribution < -0.4 is 10.7 Å². The highest BCUT2D eigenvalue weighted by Gasteiger charge is 2.25. The number of nitrogens with one attached hydrogen (secondary N) is 2. The van der Waals surface area contributed by atoms with E-state index in [1.807, 2.05) is 38.2 Å².